The number of morpholine rings is 1. The lowest BCUT2D eigenvalue weighted by Crippen LogP contribution is -2.41. The molecule has 1 aliphatic rings. The molecule has 0 radical (unpaired) electrons. The van der Waals surface area contributed by atoms with Crippen LogP contribution in [0.25, 0.3) is 0 Å². The molecule has 1 saturated heterocycles. The maximum Gasteiger partial charge on any atom is 0.293 e. The molecule has 0 aliphatic carbocycles. The fourth-order valence-electron chi connectivity index (χ4n) is 3.77. The summed E-state index contributed by atoms with van der Waals surface area (Å²) >= 11 is 0. The fourth-order valence-corrected chi connectivity index (χ4v) is 3.77. The van der Waals surface area contributed by atoms with Crippen molar-refractivity contribution in [1.82, 2.24) is 4.90 Å². The Balaban J connectivity index is 1.89. The SMILES string of the molecule is CCOc1ccc([C@@H](CNc2ccc(C(C)=O)cc2[N+](=O)[O-])N2CCOCC2)cc1OC. The van der Waals surface area contributed by atoms with Crippen molar-refractivity contribution in [2.75, 3.05) is 51.9 Å². The molecule has 9 nitrogen and oxygen atoms in total. The molecule has 3 rings (SSSR count). The van der Waals surface area contributed by atoms with Crippen LogP contribution in [0.5, 0.6) is 11.5 Å². The highest BCUT2D eigenvalue weighted by molar-refractivity contribution is 5.95. The monoisotopic (exact) mass is 443 g/mol. The van der Waals surface area contributed by atoms with Gasteiger partial charge < -0.3 is 19.5 Å². The van der Waals surface area contributed by atoms with Gasteiger partial charge in [0.1, 0.15) is 5.69 Å². The minimum absolute atomic E-state index is 0.0736. The van der Waals surface area contributed by atoms with Crippen LogP contribution in [0.4, 0.5) is 11.4 Å². The predicted molar refractivity (Wildman–Crippen MR) is 121 cm³/mol. The van der Waals surface area contributed by atoms with E-state index in [4.69, 9.17) is 14.2 Å². The van der Waals surface area contributed by atoms with Crippen LogP contribution in [0, 0.1) is 10.1 Å². The highest BCUT2D eigenvalue weighted by Crippen LogP contribution is 2.34. The molecule has 2 aromatic rings. The summed E-state index contributed by atoms with van der Waals surface area (Å²) in [6.45, 7) is 7.00. The Morgan fingerprint density at radius 1 is 1.22 bits per heavy atom. The highest BCUT2D eigenvalue weighted by atomic mass is 16.6. The second-order valence-electron chi connectivity index (χ2n) is 7.43. The molecular weight excluding hydrogens is 414 g/mol. The number of methoxy groups -OCH3 is 1. The lowest BCUT2D eigenvalue weighted by atomic mass is 10.0. The van der Waals surface area contributed by atoms with Crippen molar-refractivity contribution in [2.24, 2.45) is 0 Å². The van der Waals surface area contributed by atoms with E-state index in [0.717, 1.165) is 18.7 Å². The van der Waals surface area contributed by atoms with Crippen molar-refractivity contribution >= 4 is 17.2 Å². The van der Waals surface area contributed by atoms with Crippen molar-refractivity contribution < 1.29 is 23.9 Å². The largest absolute Gasteiger partial charge is 0.493 e. The van der Waals surface area contributed by atoms with E-state index in [2.05, 4.69) is 10.2 Å². The zero-order chi connectivity index (χ0) is 23.1. The second kappa shape index (κ2) is 10.9. The Hall–Kier alpha value is -3.17. The number of hydrogen-bond acceptors (Lipinski definition) is 8. The lowest BCUT2D eigenvalue weighted by molar-refractivity contribution is -0.384. The van der Waals surface area contributed by atoms with Crippen molar-refractivity contribution in [1.29, 1.82) is 0 Å². The molecule has 1 heterocycles. The number of Topliss-reactive ketones (excluding diaryl/α,β-unsaturated/α-hetero) is 1. The normalized spacial score (nSPS) is 15.1. The zero-order valence-corrected chi connectivity index (χ0v) is 18.6. The number of hydrogen-bond donors (Lipinski definition) is 1. The van der Waals surface area contributed by atoms with E-state index in [1.165, 1.54) is 13.0 Å². The number of benzene rings is 2. The first kappa shape index (κ1) is 23.5. The molecule has 0 unspecified atom stereocenters. The Morgan fingerprint density at radius 3 is 2.59 bits per heavy atom. The van der Waals surface area contributed by atoms with Gasteiger partial charge in [-0.1, -0.05) is 6.07 Å². The van der Waals surface area contributed by atoms with E-state index in [1.54, 1.807) is 19.2 Å². The summed E-state index contributed by atoms with van der Waals surface area (Å²) in [4.78, 5) is 25.0. The van der Waals surface area contributed by atoms with Gasteiger partial charge in [-0.15, -0.1) is 0 Å². The number of nitrogens with zero attached hydrogens (tertiary/aromatic N) is 2. The molecule has 0 saturated carbocycles. The minimum atomic E-state index is -0.474. The van der Waals surface area contributed by atoms with Crippen molar-refractivity contribution in [3.63, 3.8) is 0 Å². The van der Waals surface area contributed by atoms with Gasteiger partial charge in [-0.3, -0.25) is 19.8 Å². The van der Waals surface area contributed by atoms with Gasteiger partial charge >= 0.3 is 0 Å². The second-order valence-corrected chi connectivity index (χ2v) is 7.43. The first-order chi connectivity index (χ1) is 15.4. The van der Waals surface area contributed by atoms with Crippen LogP contribution < -0.4 is 14.8 Å². The molecule has 0 aromatic heterocycles. The van der Waals surface area contributed by atoms with Crippen LogP contribution >= 0.6 is 0 Å². The smallest absolute Gasteiger partial charge is 0.293 e. The van der Waals surface area contributed by atoms with Gasteiger partial charge in [0.25, 0.3) is 5.69 Å². The molecule has 1 fully saturated rings. The van der Waals surface area contributed by atoms with Crippen LogP contribution in [-0.2, 0) is 4.74 Å². The third kappa shape index (κ3) is 5.54. The van der Waals surface area contributed by atoms with E-state index in [0.29, 0.717) is 49.1 Å². The summed E-state index contributed by atoms with van der Waals surface area (Å²) < 4.78 is 16.7. The number of anilines is 1. The van der Waals surface area contributed by atoms with Crippen molar-refractivity contribution in [3.8, 4) is 11.5 Å². The van der Waals surface area contributed by atoms with E-state index >= 15 is 0 Å². The Morgan fingerprint density at radius 2 is 1.97 bits per heavy atom. The average molecular weight is 444 g/mol. The van der Waals surface area contributed by atoms with Gasteiger partial charge in [-0.2, -0.15) is 0 Å². The first-order valence-corrected chi connectivity index (χ1v) is 10.6. The van der Waals surface area contributed by atoms with Gasteiger partial charge in [-0.25, -0.2) is 0 Å². The molecule has 0 spiro atoms. The number of rotatable bonds is 10. The molecule has 32 heavy (non-hydrogen) atoms. The van der Waals surface area contributed by atoms with Gasteiger partial charge in [0.15, 0.2) is 17.3 Å². The van der Waals surface area contributed by atoms with Crippen LogP contribution in [0.2, 0.25) is 0 Å². The third-order valence-electron chi connectivity index (χ3n) is 5.45. The van der Waals surface area contributed by atoms with Crippen LogP contribution in [0.3, 0.4) is 0 Å². The van der Waals surface area contributed by atoms with E-state index in [1.807, 2.05) is 25.1 Å². The standard InChI is InChI=1S/C23H29N3O6/c1-4-32-22-8-6-18(14-23(22)30-3)21(25-9-11-31-12-10-25)15-24-19-7-5-17(16(2)27)13-20(19)26(28)29/h5-8,13-14,21,24H,4,9-12,15H2,1-3H3/t21-/m1/s1. The van der Waals surface area contributed by atoms with Gasteiger partial charge in [-0.05, 0) is 43.7 Å². The predicted octanol–water partition coefficient (Wildman–Crippen LogP) is 3.69. The average Bonchev–Trinajstić information content (AvgIpc) is 2.80. The van der Waals surface area contributed by atoms with Crippen LogP contribution in [0.1, 0.15) is 35.8 Å². The number of ketones is 1. The fraction of sp³-hybridized carbons (Fsp3) is 0.435. The summed E-state index contributed by atoms with van der Waals surface area (Å²) in [7, 11) is 1.60. The number of nitro groups is 1. The zero-order valence-electron chi connectivity index (χ0n) is 18.6. The Labute approximate surface area is 187 Å². The van der Waals surface area contributed by atoms with Gasteiger partial charge in [0, 0.05) is 31.3 Å². The maximum atomic E-state index is 11.6. The number of ether oxygens (including phenoxy) is 3. The summed E-state index contributed by atoms with van der Waals surface area (Å²) in [6.07, 6.45) is 0. The highest BCUT2D eigenvalue weighted by Gasteiger charge is 2.25. The summed E-state index contributed by atoms with van der Waals surface area (Å²) in [5.41, 5.74) is 1.56. The molecule has 1 N–H and O–H groups in total. The van der Waals surface area contributed by atoms with Crippen LogP contribution in [-0.4, -0.2) is 62.2 Å². The maximum absolute atomic E-state index is 11.6. The summed E-state index contributed by atoms with van der Waals surface area (Å²) in [5, 5.41) is 14.8. The lowest BCUT2D eigenvalue weighted by Gasteiger charge is -2.35. The van der Waals surface area contributed by atoms with Crippen LogP contribution in [0.15, 0.2) is 36.4 Å². The Kier molecular flexibility index (Phi) is 8.02. The summed E-state index contributed by atoms with van der Waals surface area (Å²) in [5.74, 6) is 1.09. The molecular formula is C23H29N3O6. The third-order valence-corrected chi connectivity index (χ3v) is 5.45. The number of nitro benzene ring substituents is 1. The van der Waals surface area contributed by atoms with E-state index in [9.17, 15) is 14.9 Å². The quantitative estimate of drug-likeness (QED) is 0.337. The number of carbonyl (C=O) groups is 1. The topological polar surface area (TPSA) is 103 Å². The number of nitrogens with one attached hydrogen (secondary N) is 1. The van der Waals surface area contributed by atoms with Gasteiger partial charge in [0.05, 0.1) is 37.9 Å². The van der Waals surface area contributed by atoms with Gasteiger partial charge in [0.2, 0.25) is 0 Å². The summed E-state index contributed by atoms with van der Waals surface area (Å²) in [6, 6.07) is 10.2. The first-order valence-electron chi connectivity index (χ1n) is 10.6. The van der Waals surface area contributed by atoms with Crippen molar-refractivity contribution in [2.45, 2.75) is 19.9 Å². The molecule has 9 heteroatoms. The Bertz CT molecular complexity index is 959. The number of carbonyl (C=O) groups excluding carboxylic acids is 1. The van der Waals surface area contributed by atoms with Crippen molar-refractivity contribution in [3.05, 3.63) is 57.6 Å². The molecule has 0 bridgehead atoms. The molecule has 1 atom stereocenters. The van der Waals surface area contributed by atoms with E-state index < -0.39 is 4.92 Å². The molecule has 172 valence electrons. The van der Waals surface area contributed by atoms with E-state index in [-0.39, 0.29) is 17.5 Å². The molecule has 0 amide bonds. The molecule has 1 aliphatic heterocycles. The minimum Gasteiger partial charge on any atom is -0.493 e. The molecule has 2 aromatic carbocycles.